The van der Waals surface area contributed by atoms with Gasteiger partial charge in [0.2, 0.25) is 0 Å². The summed E-state index contributed by atoms with van der Waals surface area (Å²) in [6, 6.07) is 8.29. The third-order valence-electron chi connectivity index (χ3n) is 3.50. The molecule has 0 amide bonds. The van der Waals surface area contributed by atoms with Crippen LogP contribution in [0.25, 0.3) is 11.0 Å². The smallest absolute Gasteiger partial charge is 0.312 e. The van der Waals surface area contributed by atoms with Gasteiger partial charge in [0.05, 0.1) is 11.0 Å². The Balaban J connectivity index is 1.93. The van der Waals surface area contributed by atoms with E-state index in [2.05, 4.69) is 10.3 Å². The molecule has 1 unspecified atom stereocenters. The summed E-state index contributed by atoms with van der Waals surface area (Å²) < 4.78 is 1.85. The Bertz CT molecular complexity index is 563. The number of nitrogens with zero attached hydrogens (tertiary/aromatic N) is 1. The highest BCUT2D eigenvalue weighted by molar-refractivity contribution is 5.74. The number of benzene rings is 1. The lowest BCUT2D eigenvalue weighted by Gasteiger charge is -2.23. The van der Waals surface area contributed by atoms with Gasteiger partial charge in [0.1, 0.15) is 0 Å². The van der Waals surface area contributed by atoms with Crippen LogP contribution >= 0.6 is 0 Å². The number of H-pyrrole nitrogens is 1. The molecule has 1 aromatic heterocycles. The highest BCUT2D eigenvalue weighted by atomic mass is 16.1. The van der Waals surface area contributed by atoms with E-state index in [1.165, 1.54) is 12.8 Å². The number of hydrogen-bond donors (Lipinski definition) is 2. The van der Waals surface area contributed by atoms with E-state index in [1.54, 1.807) is 0 Å². The molecule has 2 aromatic rings. The van der Waals surface area contributed by atoms with Crippen molar-refractivity contribution in [3.8, 4) is 0 Å². The van der Waals surface area contributed by atoms with Crippen LogP contribution in [0.2, 0.25) is 0 Å². The Hall–Kier alpha value is -1.55. The van der Waals surface area contributed by atoms with Gasteiger partial charge in [0, 0.05) is 12.6 Å². The number of para-hydroxylation sites is 2. The zero-order valence-corrected chi connectivity index (χ0v) is 9.78. The minimum absolute atomic E-state index is 0.00132. The van der Waals surface area contributed by atoms with Gasteiger partial charge in [-0.3, -0.25) is 4.57 Å². The predicted molar refractivity (Wildman–Crippen MR) is 68.2 cm³/mol. The average Bonchev–Trinajstić information content (AvgIpc) is 2.68. The topological polar surface area (TPSA) is 49.8 Å². The Morgan fingerprint density at radius 2 is 2.18 bits per heavy atom. The third-order valence-corrected chi connectivity index (χ3v) is 3.50. The van der Waals surface area contributed by atoms with Gasteiger partial charge in [-0.05, 0) is 31.5 Å². The molecule has 17 heavy (non-hydrogen) atoms. The molecule has 1 aliphatic rings. The minimum Gasteiger partial charge on any atom is -0.312 e. The minimum atomic E-state index is -0.00132. The molecule has 1 saturated heterocycles. The Kier molecular flexibility index (Phi) is 2.73. The van der Waals surface area contributed by atoms with Crippen LogP contribution in [0.15, 0.2) is 29.1 Å². The summed E-state index contributed by atoms with van der Waals surface area (Å²) in [5, 5.41) is 3.48. The van der Waals surface area contributed by atoms with Crippen LogP contribution in [0, 0.1) is 0 Å². The number of hydrogen-bond acceptors (Lipinski definition) is 2. The molecule has 2 heterocycles. The lowest BCUT2D eigenvalue weighted by Crippen LogP contribution is -2.39. The van der Waals surface area contributed by atoms with Crippen molar-refractivity contribution in [2.75, 3.05) is 6.54 Å². The predicted octanol–water partition coefficient (Wildman–Crippen LogP) is 1.47. The molecule has 0 spiro atoms. The van der Waals surface area contributed by atoms with Crippen LogP contribution < -0.4 is 11.0 Å². The van der Waals surface area contributed by atoms with Gasteiger partial charge >= 0.3 is 5.69 Å². The maximum atomic E-state index is 11.9. The molecule has 4 nitrogen and oxygen atoms in total. The SMILES string of the molecule is O=c1[nH]c2ccccc2n1CC1CCCCN1. The van der Waals surface area contributed by atoms with Crippen molar-refractivity contribution in [1.29, 1.82) is 0 Å². The van der Waals surface area contributed by atoms with Gasteiger partial charge in [0.25, 0.3) is 0 Å². The van der Waals surface area contributed by atoms with Crippen molar-refractivity contribution in [2.24, 2.45) is 0 Å². The van der Waals surface area contributed by atoms with E-state index in [0.29, 0.717) is 6.04 Å². The molecule has 2 N–H and O–H groups in total. The van der Waals surface area contributed by atoms with Gasteiger partial charge in [0.15, 0.2) is 0 Å². The van der Waals surface area contributed by atoms with Gasteiger partial charge in [-0.2, -0.15) is 0 Å². The standard InChI is InChI=1S/C13H17N3O/c17-13-15-11-6-1-2-7-12(11)16(13)9-10-5-3-4-8-14-10/h1-2,6-7,10,14H,3-5,8-9H2,(H,15,17). The quantitative estimate of drug-likeness (QED) is 0.822. The van der Waals surface area contributed by atoms with Crippen LogP contribution in [0.3, 0.4) is 0 Å². The van der Waals surface area contributed by atoms with E-state index in [1.807, 2.05) is 28.8 Å². The highest BCUT2D eigenvalue weighted by Gasteiger charge is 2.15. The van der Waals surface area contributed by atoms with Crippen LogP contribution in [-0.4, -0.2) is 22.1 Å². The van der Waals surface area contributed by atoms with Crippen molar-refractivity contribution in [3.05, 3.63) is 34.7 Å². The van der Waals surface area contributed by atoms with Crippen LogP contribution in [0.5, 0.6) is 0 Å². The first-order chi connectivity index (χ1) is 8.34. The maximum Gasteiger partial charge on any atom is 0.326 e. The molecule has 3 rings (SSSR count). The Morgan fingerprint density at radius 3 is 3.00 bits per heavy atom. The first kappa shape index (κ1) is 10.6. The van der Waals surface area contributed by atoms with Crippen molar-refractivity contribution < 1.29 is 0 Å². The molecule has 1 aliphatic heterocycles. The molecule has 0 saturated carbocycles. The molecule has 0 radical (unpaired) electrons. The highest BCUT2D eigenvalue weighted by Crippen LogP contribution is 2.13. The fourth-order valence-corrected chi connectivity index (χ4v) is 2.59. The van der Waals surface area contributed by atoms with Gasteiger partial charge < -0.3 is 10.3 Å². The average molecular weight is 231 g/mol. The summed E-state index contributed by atoms with van der Waals surface area (Å²) in [6.45, 7) is 1.84. The molecule has 0 bridgehead atoms. The molecule has 0 aliphatic carbocycles. The summed E-state index contributed by atoms with van der Waals surface area (Å²) >= 11 is 0. The van der Waals surface area contributed by atoms with E-state index in [-0.39, 0.29) is 5.69 Å². The fourth-order valence-electron chi connectivity index (χ4n) is 2.59. The van der Waals surface area contributed by atoms with E-state index in [9.17, 15) is 4.79 Å². The van der Waals surface area contributed by atoms with Crippen molar-refractivity contribution in [2.45, 2.75) is 31.8 Å². The molecule has 4 heteroatoms. The first-order valence-corrected chi connectivity index (χ1v) is 6.25. The van der Waals surface area contributed by atoms with E-state index < -0.39 is 0 Å². The second-order valence-corrected chi connectivity index (χ2v) is 4.70. The Labute approximate surface area is 99.6 Å². The number of fused-ring (bicyclic) bond motifs is 1. The number of aromatic amines is 1. The van der Waals surface area contributed by atoms with Gasteiger partial charge in [-0.25, -0.2) is 4.79 Å². The molecule has 1 fully saturated rings. The Morgan fingerprint density at radius 1 is 1.29 bits per heavy atom. The lowest BCUT2D eigenvalue weighted by molar-refractivity contribution is 0.363. The molecule has 90 valence electrons. The van der Waals surface area contributed by atoms with Crippen molar-refractivity contribution in [3.63, 3.8) is 0 Å². The first-order valence-electron chi connectivity index (χ1n) is 6.25. The molecule has 1 atom stereocenters. The number of rotatable bonds is 2. The molecular formula is C13H17N3O. The van der Waals surface area contributed by atoms with E-state index in [4.69, 9.17) is 0 Å². The zero-order valence-electron chi connectivity index (χ0n) is 9.78. The number of imidazole rings is 1. The zero-order chi connectivity index (χ0) is 11.7. The maximum absolute atomic E-state index is 11.9. The van der Waals surface area contributed by atoms with E-state index >= 15 is 0 Å². The monoisotopic (exact) mass is 231 g/mol. The fraction of sp³-hybridized carbons (Fsp3) is 0.462. The summed E-state index contributed by atoms with van der Waals surface area (Å²) in [7, 11) is 0. The van der Waals surface area contributed by atoms with Gasteiger partial charge in [-0.15, -0.1) is 0 Å². The molecular weight excluding hydrogens is 214 g/mol. The largest absolute Gasteiger partial charge is 0.326 e. The second-order valence-electron chi connectivity index (χ2n) is 4.70. The van der Waals surface area contributed by atoms with Crippen molar-refractivity contribution >= 4 is 11.0 Å². The van der Waals surface area contributed by atoms with Gasteiger partial charge in [-0.1, -0.05) is 18.6 Å². The van der Waals surface area contributed by atoms with Crippen LogP contribution in [0.1, 0.15) is 19.3 Å². The third kappa shape index (κ3) is 2.00. The van der Waals surface area contributed by atoms with Crippen LogP contribution in [0.4, 0.5) is 0 Å². The number of nitrogens with one attached hydrogen (secondary N) is 2. The van der Waals surface area contributed by atoms with Crippen molar-refractivity contribution in [1.82, 2.24) is 14.9 Å². The summed E-state index contributed by atoms with van der Waals surface area (Å²) in [4.78, 5) is 14.8. The lowest BCUT2D eigenvalue weighted by atomic mass is 10.1. The summed E-state index contributed by atoms with van der Waals surface area (Å²) in [6.07, 6.45) is 3.67. The normalized spacial score (nSPS) is 20.8. The molecule has 1 aromatic carbocycles. The second kappa shape index (κ2) is 4.37. The van der Waals surface area contributed by atoms with E-state index in [0.717, 1.165) is 30.5 Å². The van der Waals surface area contributed by atoms with Crippen LogP contribution in [-0.2, 0) is 6.54 Å². The summed E-state index contributed by atoms with van der Waals surface area (Å²) in [5.74, 6) is 0. The number of piperidine rings is 1. The number of aromatic nitrogens is 2. The summed E-state index contributed by atoms with van der Waals surface area (Å²) in [5.41, 5.74) is 1.93.